The van der Waals surface area contributed by atoms with Gasteiger partial charge in [-0.2, -0.15) is 0 Å². The second-order valence-corrected chi connectivity index (χ2v) is 3.43. The monoisotopic (exact) mass is 255 g/mol. The fourth-order valence-electron chi connectivity index (χ4n) is 1.30. The van der Waals surface area contributed by atoms with Gasteiger partial charge in [-0.05, 0) is 18.2 Å². The third kappa shape index (κ3) is 4.23. The molecule has 0 aromatic heterocycles. The van der Waals surface area contributed by atoms with E-state index in [9.17, 15) is 4.79 Å². The summed E-state index contributed by atoms with van der Waals surface area (Å²) in [5.41, 5.74) is 6.41. The summed E-state index contributed by atoms with van der Waals surface area (Å²) in [5, 5.41) is 8.47. The second-order valence-electron chi connectivity index (χ2n) is 3.43. The van der Waals surface area contributed by atoms with Crippen molar-refractivity contribution in [1.82, 2.24) is 0 Å². The van der Waals surface area contributed by atoms with Crippen LogP contribution in [0, 0.1) is 0 Å². The van der Waals surface area contributed by atoms with Crippen LogP contribution in [0.3, 0.4) is 0 Å². The molecule has 0 aliphatic carbocycles. The molecule has 100 valence electrons. The van der Waals surface area contributed by atoms with Crippen LogP contribution in [0.2, 0.25) is 0 Å². The maximum Gasteiger partial charge on any atom is 0.338 e. The van der Waals surface area contributed by atoms with Crippen LogP contribution in [-0.4, -0.2) is 44.6 Å². The maximum atomic E-state index is 11.6. The first-order valence-corrected chi connectivity index (χ1v) is 5.48. The van der Waals surface area contributed by atoms with Crippen LogP contribution in [0.4, 0.5) is 5.69 Å². The molecule has 0 amide bonds. The quantitative estimate of drug-likeness (QED) is 0.417. The lowest BCUT2D eigenvalue weighted by molar-refractivity contribution is 0.0258. The first-order valence-electron chi connectivity index (χ1n) is 5.48. The van der Waals surface area contributed by atoms with Gasteiger partial charge in [0.2, 0.25) is 0 Å². The van der Waals surface area contributed by atoms with Crippen molar-refractivity contribution in [3.8, 4) is 5.75 Å². The summed E-state index contributed by atoms with van der Waals surface area (Å²) in [5.74, 6) is 0.0368. The summed E-state index contributed by atoms with van der Waals surface area (Å²) in [4.78, 5) is 11.6. The van der Waals surface area contributed by atoms with Crippen molar-refractivity contribution < 1.29 is 24.1 Å². The number of rotatable bonds is 7. The molecule has 0 saturated carbocycles. The summed E-state index contributed by atoms with van der Waals surface area (Å²) in [6.45, 7) is 0.554. The molecule has 0 bridgehead atoms. The van der Waals surface area contributed by atoms with Crippen molar-refractivity contribution in [2.45, 2.75) is 0 Å². The van der Waals surface area contributed by atoms with Gasteiger partial charge in [-0.1, -0.05) is 0 Å². The smallest absolute Gasteiger partial charge is 0.338 e. The minimum atomic E-state index is -0.475. The fraction of sp³-hybridized carbons (Fsp3) is 0.417. The zero-order valence-corrected chi connectivity index (χ0v) is 10.2. The number of aliphatic hydroxyl groups is 1. The number of aliphatic hydroxyl groups excluding tert-OH is 1. The molecule has 0 aliphatic rings. The molecule has 0 fully saturated rings. The second kappa shape index (κ2) is 7.52. The molecule has 0 atom stereocenters. The van der Waals surface area contributed by atoms with E-state index in [1.54, 1.807) is 12.1 Å². The average molecular weight is 255 g/mol. The Labute approximate surface area is 105 Å². The molecule has 1 rings (SSSR count). The number of anilines is 1. The predicted molar refractivity (Wildman–Crippen MR) is 65.6 cm³/mol. The molecule has 1 aromatic carbocycles. The molecule has 0 aliphatic heterocycles. The molecule has 0 radical (unpaired) electrons. The Kier molecular flexibility index (Phi) is 5.96. The molecule has 0 heterocycles. The molecular weight excluding hydrogens is 238 g/mol. The zero-order chi connectivity index (χ0) is 13.4. The van der Waals surface area contributed by atoms with Crippen molar-refractivity contribution in [2.75, 3.05) is 39.3 Å². The van der Waals surface area contributed by atoms with E-state index in [0.29, 0.717) is 17.0 Å². The van der Waals surface area contributed by atoms with Crippen LogP contribution in [0.5, 0.6) is 5.75 Å². The van der Waals surface area contributed by atoms with Gasteiger partial charge in [0, 0.05) is 0 Å². The highest BCUT2D eigenvalue weighted by Crippen LogP contribution is 2.22. The minimum Gasteiger partial charge on any atom is -0.495 e. The Morgan fingerprint density at radius 2 is 2.11 bits per heavy atom. The molecule has 0 spiro atoms. The highest BCUT2D eigenvalue weighted by molar-refractivity contribution is 5.91. The van der Waals surface area contributed by atoms with E-state index in [1.165, 1.54) is 13.2 Å². The SMILES string of the molecule is COc1ccc(C(=O)OCCOCCO)cc1N. The Balaban J connectivity index is 2.44. The number of nitrogen functional groups attached to an aromatic ring is 1. The van der Waals surface area contributed by atoms with Gasteiger partial charge in [0.25, 0.3) is 0 Å². The Morgan fingerprint density at radius 1 is 1.33 bits per heavy atom. The Bertz CT molecular complexity index is 394. The van der Waals surface area contributed by atoms with Crippen LogP contribution in [0.25, 0.3) is 0 Å². The third-order valence-corrected chi connectivity index (χ3v) is 2.16. The van der Waals surface area contributed by atoms with Crippen molar-refractivity contribution in [2.24, 2.45) is 0 Å². The third-order valence-electron chi connectivity index (χ3n) is 2.16. The minimum absolute atomic E-state index is 0.0526. The maximum absolute atomic E-state index is 11.6. The van der Waals surface area contributed by atoms with Crippen molar-refractivity contribution >= 4 is 11.7 Å². The number of hydrogen-bond donors (Lipinski definition) is 2. The summed E-state index contributed by atoms with van der Waals surface area (Å²) < 4.78 is 14.9. The number of esters is 1. The van der Waals surface area contributed by atoms with E-state index in [0.717, 1.165) is 0 Å². The molecule has 0 saturated heterocycles. The van der Waals surface area contributed by atoms with Gasteiger partial charge in [0.05, 0.1) is 38.2 Å². The van der Waals surface area contributed by atoms with Crippen LogP contribution >= 0.6 is 0 Å². The largest absolute Gasteiger partial charge is 0.495 e. The summed E-state index contributed by atoms with van der Waals surface area (Å²) >= 11 is 0. The normalized spacial score (nSPS) is 10.1. The number of ether oxygens (including phenoxy) is 3. The van der Waals surface area contributed by atoms with E-state index in [1.807, 2.05) is 0 Å². The topological polar surface area (TPSA) is 91.0 Å². The Hall–Kier alpha value is -1.79. The summed E-state index contributed by atoms with van der Waals surface area (Å²) in [6, 6.07) is 4.68. The molecule has 1 aromatic rings. The number of methoxy groups -OCH3 is 1. The first kappa shape index (κ1) is 14.3. The lowest BCUT2D eigenvalue weighted by Gasteiger charge is -2.08. The van der Waals surface area contributed by atoms with Crippen molar-refractivity contribution in [3.63, 3.8) is 0 Å². The van der Waals surface area contributed by atoms with Crippen molar-refractivity contribution in [1.29, 1.82) is 0 Å². The van der Waals surface area contributed by atoms with Gasteiger partial charge < -0.3 is 25.1 Å². The van der Waals surface area contributed by atoms with E-state index < -0.39 is 5.97 Å². The number of carbonyl (C=O) groups is 1. The van der Waals surface area contributed by atoms with Gasteiger partial charge in [0.1, 0.15) is 12.4 Å². The number of benzene rings is 1. The summed E-state index contributed by atoms with van der Waals surface area (Å²) in [6.07, 6.45) is 0. The van der Waals surface area contributed by atoms with E-state index >= 15 is 0 Å². The van der Waals surface area contributed by atoms with Gasteiger partial charge >= 0.3 is 5.97 Å². The average Bonchev–Trinajstić information content (AvgIpc) is 2.38. The lowest BCUT2D eigenvalue weighted by Crippen LogP contribution is -2.12. The number of carbonyl (C=O) groups excluding carboxylic acids is 1. The van der Waals surface area contributed by atoms with Crippen LogP contribution in [0.1, 0.15) is 10.4 Å². The number of hydrogen-bond acceptors (Lipinski definition) is 6. The van der Waals surface area contributed by atoms with Crippen molar-refractivity contribution in [3.05, 3.63) is 23.8 Å². The molecule has 18 heavy (non-hydrogen) atoms. The van der Waals surface area contributed by atoms with Gasteiger partial charge in [0.15, 0.2) is 0 Å². The zero-order valence-electron chi connectivity index (χ0n) is 10.2. The highest BCUT2D eigenvalue weighted by Gasteiger charge is 2.09. The standard InChI is InChI=1S/C12H17NO5/c1-16-11-3-2-9(8-10(11)13)12(15)18-7-6-17-5-4-14/h2-3,8,14H,4-7,13H2,1H3. The van der Waals surface area contributed by atoms with Gasteiger partial charge in [-0.3, -0.25) is 0 Å². The predicted octanol–water partition coefficient (Wildman–Crippen LogP) is 0.443. The molecule has 3 N–H and O–H groups in total. The first-order chi connectivity index (χ1) is 8.69. The van der Waals surface area contributed by atoms with E-state index in [2.05, 4.69) is 0 Å². The van der Waals surface area contributed by atoms with Gasteiger partial charge in [-0.15, -0.1) is 0 Å². The van der Waals surface area contributed by atoms with Gasteiger partial charge in [-0.25, -0.2) is 4.79 Å². The van der Waals surface area contributed by atoms with E-state index in [-0.39, 0.29) is 26.4 Å². The summed E-state index contributed by atoms with van der Waals surface area (Å²) in [7, 11) is 1.50. The lowest BCUT2D eigenvalue weighted by atomic mass is 10.2. The van der Waals surface area contributed by atoms with Crippen LogP contribution < -0.4 is 10.5 Å². The van der Waals surface area contributed by atoms with Crippen LogP contribution in [-0.2, 0) is 9.47 Å². The fourth-order valence-corrected chi connectivity index (χ4v) is 1.30. The van der Waals surface area contributed by atoms with Crippen LogP contribution in [0.15, 0.2) is 18.2 Å². The Morgan fingerprint density at radius 3 is 2.72 bits per heavy atom. The molecule has 0 unspecified atom stereocenters. The number of nitrogens with two attached hydrogens (primary N) is 1. The highest BCUT2D eigenvalue weighted by atomic mass is 16.6. The van der Waals surface area contributed by atoms with E-state index in [4.69, 9.17) is 25.1 Å². The molecule has 6 nitrogen and oxygen atoms in total. The molecular formula is C12H17NO5. The molecule has 6 heteroatoms.